The normalized spacial score (nSPS) is 11.1. The van der Waals surface area contributed by atoms with Crippen LogP contribution in [0.15, 0.2) is 48.5 Å². The topological polar surface area (TPSA) is 0 Å². The summed E-state index contributed by atoms with van der Waals surface area (Å²) in [4.78, 5) is 0. The molecule has 2 aromatic rings. The molecule has 0 aliphatic rings. The Kier molecular flexibility index (Phi) is 3.18. The van der Waals surface area contributed by atoms with E-state index in [1.165, 1.54) is 22.0 Å². The molecule has 0 spiro atoms. The van der Waals surface area contributed by atoms with E-state index in [2.05, 4.69) is 62.1 Å². The van der Waals surface area contributed by atoms with Crippen LogP contribution in [0.3, 0.4) is 0 Å². The molecular weight excluding hydrogens is 199 g/mol. The van der Waals surface area contributed by atoms with E-state index in [1.807, 2.05) is 0 Å². The molecule has 0 aromatic heterocycles. The molecule has 1 unspecified atom stereocenters. The van der Waals surface area contributed by atoms with Gasteiger partial charge in [-0.25, -0.2) is 0 Å². The predicted molar refractivity (Wildman–Crippen MR) is 70.5 cm³/mol. The lowest BCUT2D eigenvalue weighted by Crippen LogP contribution is -1.95. The molecule has 0 aliphatic heterocycles. The van der Waals surface area contributed by atoms with Crippen LogP contribution in [0, 0.1) is 6.92 Å². The molecule has 76 valence electrons. The molecule has 0 bridgehead atoms. The quantitative estimate of drug-likeness (QED) is 0.670. The van der Waals surface area contributed by atoms with Crippen molar-refractivity contribution in [2.24, 2.45) is 0 Å². The Morgan fingerprint density at radius 2 is 1.60 bits per heavy atom. The van der Waals surface area contributed by atoms with Crippen LogP contribution in [0.4, 0.5) is 0 Å². The van der Waals surface area contributed by atoms with E-state index in [0.717, 1.165) is 8.58 Å². The van der Waals surface area contributed by atoms with Crippen LogP contribution >= 0.6 is 8.58 Å². The van der Waals surface area contributed by atoms with Crippen LogP contribution in [-0.2, 0) is 0 Å². The van der Waals surface area contributed by atoms with Crippen LogP contribution in [-0.4, -0.2) is 6.66 Å². The maximum Gasteiger partial charge on any atom is -0.0175 e. The molecule has 1 heteroatoms. The summed E-state index contributed by atoms with van der Waals surface area (Å²) in [6.07, 6.45) is 0. The van der Waals surface area contributed by atoms with Crippen molar-refractivity contribution in [1.29, 1.82) is 0 Å². The maximum absolute atomic E-state index is 2.29. The molecule has 0 aliphatic carbocycles. The van der Waals surface area contributed by atoms with E-state index < -0.39 is 0 Å². The highest BCUT2D eigenvalue weighted by molar-refractivity contribution is 7.46. The van der Waals surface area contributed by atoms with Gasteiger partial charge in [-0.15, -0.1) is 0 Å². The van der Waals surface area contributed by atoms with E-state index in [4.69, 9.17) is 0 Å². The lowest BCUT2D eigenvalue weighted by Gasteiger charge is -2.06. The SMILES string of the molecule is CPc1cc(C)cc(-c2ccccc2)c1. The first-order valence-electron chi connectivity index (χ1n) is 5.14. The van der Waals surface area contributed by atoms with Crippen LogP contribution in [0.5, 0.6) is 0 Å². The van der Waals surface area contributed by atoms with Gasteiger partial charge in [-0.2, -0.15) is 0 Å². The number of aryl methyl sites for hydroxylation is 1. The first-order chi connectivity index (χ1) is 7.29. The lowest BCUT2D eigenvalue weighted by molar-refractivity contribution is 1.49. The Morgan fingerprint density at radius 3 is 2.27 bits per heavy atom. The second-order valence-corrected chi connectivity index (χ2v) is 4.78. The van der Waals surface area contributed by atoms with Crippen LogP contribution in [0.25, 0.3) is 11.1 Å². The fraction of sp³-hybridized carbons (Fsp3) is 0.143. The Bertz CT molecular complexity index is 446. The fourth-order valence-electron chi connectivity index (χ4n) is 1.72. The van der Waals surface area contributed by atoms with E-state index >= 15 is 0 Å². The molecule has 0 nitrogen and oxygen atoms in total. The third-order valence-corrected chi connectivity index (χ3v) is 3.34. The summed E-state index contributed by atoms with van der Waals surface area (Å²) < 4.78 is 0. The van der Waals surface area contributed by atoms with Gasteiger partial charge in [0.25, 0.3) is 0 Å². The van der Waals surface area contributed by atoms with E-state index in [-0.39, 0.29) is 0 Å². The molecule has 0 N–H and O–H groups in total. The minimum absolute atomic E-state index is 0.868. The third kappa shape index (κ3) is 2.46. The minimum atomic E-state index is 0.868. The van der Waals surface area contributed by atoms with Gasteiger partial charge < -0.3 is 0 Å². The van der Waals surface area contributed by atoms with Gasteiger partial charge in [0.1, 0.15) is 0 Å². The summed E-state index contributed by atoms with van der Waals surface area (Å²) in [6.45, 7) is 4.39. The molecule has 0 radical (unpaired) electrons. The van der Waals surface area contributed by atoms with E-state index in [1.54, 1.807) is 0 Å². The molecule has 0 fully saturated rings. The monoisotopic (exact) mass is 214 g/mol. The first-order valence-corrected chi connectivity index (χ1v) is 6.64. The Hall–Kier alpha value is -1.13. The maximum atomic E-state index is 2.29. The molecule has 2 rings (SSSR count). The molecular formula is C14H15P. The van der Waals surface area contributed by atoms with Gasteiger partial charge in [0.05, 0.1) is 0 Å². The molecule has 2 aromatic carbocycles. The number of hydrogen-bond acceptors (Lipinski definition) is 0. The molecule has 0 saturated carbocycles. The number of benzene rings is 2. The van der Waals surface area contributed by atoms with Crippen LogP contribution in [0.2, 0.25) is 0 Å². The lowest BCUT2D eigenvalue weighted by atomic mass is 10.0. The summed E-state index contributed by atoms with van der Waals surface area (Å²) >= 11 is 0. The van der Waals surface area contributed by atoms with Crippen molar-refractivity contribution in [3.63, 3.8) is 0 Å². The summed E-state index contributed by atoms with van der Waals surface area (Å²) in [5.41, 5.74) is 3.99. The fourth-order valence-corrected chi connectivity index (χ4v) is 2.40. The summed E-state index contributed by atoms with van der Waals surface area (Å²) in [5, 5.41) is 1.44. The summed E-state index contributed by atoms with van der Waals surface area (Å²) in [5.74, 6) is 0. The van der Waals surface area contributed by atoms with Gasteiger partial charge in [0.2, 0.25) is 0 Å². The number of rotatable bonds is 2. The van der Waals surface area contributed by atoms with Gasteiger partial charge >= 0.3 is 0 Å². The average molecular weight is 214 g/mol. The molecule has 0 heterocycles. The Balaban J connectivity index is 2.49. The molecule has 0 saturated heterocycles. The highest BCUT2D eigenvalue weighted by Crippen LogP contribution is 2.21. The Labute approximate surface area is 93.1 Å². The summed E-state index contributed by atoms with van der Waals surface area (Å²) in [6, 6.07) is 17.4. The van der Waals surface area contributed by atoms with E-state index in [0.29, 0.717) is 0 Å². The van der Waals surface area contributed by atoms with Gasteiger partial charge in [-0.1, -0.05) is 51.0 Å². The van der Waals surface area contributed by atoms with Gasteiger partial charge in [-0.3, -0.25) is 0 Å². The standard InChI is InChI=1S/C14H15P/c1-11-8-13(10-14(9-11)15-2)12-6-4-3-5-7-12/h3-10,15H,1-2H3. The van der Waals surface area contributed by atoms with Crippen molar-refractivity contribution in [3.05, 3.63) is 54.1 Å². The van der Waals surface area contributed by atoms with Crippen molar-refractivity contribution in [2.45, 2.75) is 6.92 Å². The van der Waals surface area contributed by atoms with Gasteiger partial charge in [0.15, 0.2) is 0 Å². The van der Waals surface area contributed by atoms with Crippen LogP contribution < -0.4 is 5.30 Å². The molecule has 0 amide bonds. The van der Waals surface area contributed by atoms with Crippen molar-refractivity contribution < 1.29 is 0 Å². The Morgan fingerprint density at radius 1 is 0.867 bits per heavy atom. The second-order valence-electron chi connectivity index (χ2n) is 3.70. The zero-order valence-corrected chi connectivity index (χ0v) is 10.1. The predicted octanol–water partition coefficient (Wildman–Crippen LogP) is 3.60. The van der Waals surface area contributed by atoms with Crippen LogP contribution in [0.1, 0.15) is 5.56 Å². The van der Waals surface area contributed by atoms with Crippen molar-refractivity contribution in [2.75, 3.05) is 6.66 Å². The highest BCUT2D eigenvalue weighted by atomic mass is 31.1. The number of hydrogen-bond donors (Lipinski definition) is 0. The van der Waals surface area contributed by atoms with Gasteiger partial charge in [-0.05, 0) is 41.6 Å². The van der Waals surface area contributed by atoms with Crippen molar-refractivity contribution >= 4 is 13.9 Å². The molecule has 1 atom stereocenters. The summed E-state index contributed by atoms with van der Waals surface area (Å²) in [7, 11) is 0.868. The van der Waals surface area contributed by atoms with Crippen molar-refractivity contribution in [1.82, 2.24) is 0 Å². The highest BCUT2D eigenvalue weighted by Gasteiger charge is 1.99. The van der Waals surface area contributed by atoms with E-state index in [9.17, 15) is 0 Å². The van der Waals surface area contributed by atoms with Gasteiger partial charge in [0, 0.05) is 0 Å². The largest absolute Gasteiger partial charge is 0.0936 e. The first kappa shape index (κ1) is 10.4. The third-order valence-electron chi connectivity index (χ3n) is 2.47. The van der Waals surface area contributed by atoms with Crippen molar-refractivity contribution in [3.8, 4) is 11.1 Å². The zero-order chi connectivity index (χ0) is 10.7. The smallest absolute Gasteiger partial charge is 0.0175 e. The molecule has 15 heavy (non-hydrogen) atoms. The average Bonchev–Trinajstić information content (AvgIpc) is 2.29. The zero-order valence-electron chi connectivity index (χ0n) is 9.12. The second kappa shape index (κ2) is 4.59. The minimum Gasteiger partial charge on any atom is -0.0936 e.